The van der Waals surface area contributed by atoms with Crippen molar-refractivity contribution in [2.24, 2.45) is 11.3 Å². The number of carbonyl (C=O) groups is 1. The topological polar surface area (TPSA) is 17.1 Å². The van der Waals surface area contributed by atoms with Crippen LogP contribution in [0.1, 0.15) is 64.7 Å². The van der Waals surface area contributed by atoms with Gasteiger partial charge in [-0.3, -0.25) is 4.79 Å². The first kappa shape index (κ1) is 10.2. The SMILES string of the molecule is CCCCCC1CC(=O)CCC12CC2. The maximum absolute atomic E-state index is 11.4. The Labute approximate surface area is 87.3 Å². The normalized spacial score (nSPS) is 29.5. The van der Waals surface area contributed by atoms with E-state index < -0.39 is 0 Å². The van der Waals surface area contributed by atoms with Crippen LogP contribution in [0.4, 0.5) is 0 Å². The molecule has 0 aromatic rings. The monoisotopic (exact) mass is 194 g/mol. The predicted octanol–water partition coefficient (Wildman–Crippen LogP) is 3.72. The summed E-state index contributed by atoms with van der Waals surface area (Å²) in [4.78, 5) is 11.4. The van der Waals surface area contributed by atoms with E-state index in [0.717, 1.165) is 18.8 Å². The zero-order valence-corrected chi connectivity index (χ0v) is 9.35. The van der Waals surface area contributed by atoms with Crippen molar-refractivity contribution < 1.29 is 4.79 Å². The minimum atomic E-state index is 0.532. The number of ketones is 1. The molecule has 1 atom stereocenters. The molecule has 0 saturated heterocycles. The summed E-state index contributed by atoms with van der Waals surface area (Å²) in [5.74, 6) is 1.29. The zero-order valence-electron chi connectivity index (χ0n) is 9.35. The fourth-order valence-corrected chi connectivity index (χ4v) is 3.05. The van der Waals surface area contributed by atoms with Gasteiger partial charge in [-0.2, -0.15) is 0 Å². The summed E-state index contributed by atoms with van der Waals surface area (Å²) in [5.41, 5.74) is 0.654. The number of unbranched alkanes of at least 4 members (excludes halogenated alkanes) is 2. The minimum Gasteiger partial charge on any atom is -0.300 e. The molecule has 2 saturated carbocycles. The number of rotatable bonds is 4. The van der Waals surface area contributed by atoms with Crippen LogP contribution >= 0.6 is 0 Å². The Kier molecular flexibility index (Phi) is 2.94. The Morgan fingerprint density at radius 2 is 2.07 bits per heavy atom. The van der Waals surface area contributed by atoms with Crippen LogP contribution < -0.4 is 0 Å². The van der Waals surface area contributed by atoms with Gasteiger partial charge in [0, 0.05) is 12.8 Å². The summed E-state index contributed by atoms with van der Waals surface area (Å²) in [5, 5.41) is 0. The van der Waals surface area contributed by atoms with Gasteiger partial charge in [-0.1, -0.05) is 26.2 Å². The quantitative estimate of drug-likeness (QED) is 0.623. The van der Waals surface area contributed by atoms with Gasteiger partial charge in [0.2, 0.25) is 0 Å². The highest BCUT2D eigenvalue weighted by Crippen LogP contribution is 2.60. The van der Waals surface area contributed by atoms with Crippen LogP contribution in [-0.2, 0) is 4.79 Å². The largest absolute Gasteiger partial charge is 0.300 e. The Bertz CT molecular complexity index is 215. The van der Waals surface area contributed by atoms with Gasteiger partial charge in [0.25, 0.3) is 0 Å². The van der Waals surface area contributed by atoms with Crippen molar-refractivity contribution in [3.8, 4) is 0 Å². The van der Waals surface area contributed by atoms with Crippen molar-refractivity contribution in [3.05, 3.63) is 0 Å². The van der Waals surface area contributed by atoms with E-state index in [9.17, 15) is 4.79 Å². The predicted molar refractivity (Wildman–Crippen MR) is 58.2 cm³/mol. The average molecular weight is 194 g/mol. The van der Waals surface area contributed by atoms with Crippen molar-refractivity contribution in [1.82, 2.24) is 0 Å². The van der Waals surface area contributed by atoms with Crippen molar-refractivity contribution in [2.75, 3.05) is 0 Å². The van der Waals surface area contributed by atoms with Gasteiger partial charge >= 0.3 is 0 Å². The van der Waals surface area contributed by atoms with E-state index in [1.165, 1.54) is 44.9 Å². The summed E-state index contributed by atoms with van der Waals surface area (Å²) < 4.78 is 0. The van der Waals surface area contributed by atoms with E-state index >= 15 is 0 Å². The maximum Gasteiger partial charge on any atom is 0.133 e. The summed E-state index contributed by atoms with van der Waals surface area (Å²) in [6.07, 6.45) is 11.1. The molecule has 2 rings (SSSR count). The lowest BCUT2D eigenvalue weighted by Gasteiger charge is -2.31. The third kappa shape index (κ3) is 2.02. The molecule has 1 heteroatoms. The van der Waals surface area contributed by atoms with Gasteiger partial charge in [-0.15, -0.1) is 0 Å². The second-order valence-corrected chi connectivity index (χ2v) is 5.30. The van der Waals surface area contributed by atoms with E-state index in [1.807, 2.05) is 0 Å². The lowest BCUT2D eigenvalue weighted by atomic mass is 9.73. The number of carbonyl (C=O) groups excluding carboxylic acids is 1. The Morgan fingerprint density at radius 3 is 2.71 bits per heavy atom. The molecule has 0 amide bonds. The first-order valence-corrected chi connectivity index (χ1v) is 6.28. The highest BCUT2D eigenvalue weighted by molar-refractivity contribution is 5.79. The fourth-order valence-electron chi connectivity index (χ4n) is 3.05. The van der Waals surface area contributed by atoms with Crippen LogP contribution in [0.2, 0.25) is 0 Å². The molecule has 1 nitrogen and oxygen atoms in total. The second-order valence-electron chi connectivity index (χ2n) is 5.30. The van der Waals surface area contributed by atoms with Crippen LogP contribution in [-0.4, -0.2) is 5.78 Å². The van der Waals surface area contributed by atoms with E-state index in [-0.39, 0.29) is 0 Å². The summed E-state index contributed by atoms with van der Waals surface area (Å²) in [7, 11) is 0. The van der Waals surface area contributed by atoms with E-state index in [2.05, 4.69) is 6.92 Å². The first-order valence-electron chi connectivity index (χ1n) is 6.28. The van der Waals surface area contributed by atoms with E-state index in [4.69, 9.17) is 0 Å². The molecule has 0 N–H and O–H groups in total. The van der Waals surface area contributed by atoms with Gasteiger partial charge in [0.1, 0.15) is 5.78 Å². The van der Waals surface area contributed by atoms with E-state index in [0.29, 0.717) is 11.2 Å². The number of hydrogen-bond acceptors (Lipinski definition) is 1. The van der Waals surface area contributed by atoms with Crippen molar-refractivity contribution >= 4 is 5.78 Å². The molecule has 0 bridgehead atoms. The zero-order chi connectivity index (χ0) is 10.0. The molecule has 0 heterocycles. The lowest BCUT2D eigenvalue weighted by molar-refractivity contribution is -0.123. The fraction of sp³-hybridized carbons (Fsp3) is 0.923. The Morgan fingerprint density at radius 1 is 1.29 bits per heavy atom. The molecule has 14 heavy (non-hydrogen) atoms. The highest BCUT2D eigenvalue weighted by atomic mass is 16.1. The van der Waals surface area contributed by atoms with Crippen LogP contribution in [0.15, 0.2) is 0 Å². The molecule has 2 aliphatic carbocycles. The average Bonchev–Trinajstić information content (AvgIpc) is 2.93. The molecule has 1 spiro atoms. The van der Waals surface area contributed by atoms with Crippen LogP contribution in [0, 0.1) is 11.3 Å². The van der Waals surface area contributed by atoms with Gasteiger partial charge in [0.05, 0.1) is 0 Å². The van der Waals surface area contributed by atoms with Gasteiger partial charge in [0.15, 0.2) is 0 Å². The van der Waals surface area contributed by atoms with Crippen LogP contribution in [0.25, 0.3) is 0 Å². The third-order valence-electron chi connectivity index (χ3n) is 4.29. The van der Waals surface area contributed by atoms with Crippen molar-refractivity contribution in [3.63, 3.8) is 0 Å². The molecule has 0 radical (unpaired) electrons. The molecule has 1 unspecified atom stereocenters. The summed E-state index contributed by atoms with van der Waals surface area (Å²) in [6, 6.07) is 0. The number of Topliss-reactive ketones (excluding diaryl/α,β-unsaturated/α-hetero) is 1. The summed E-state index contributed by atoms with van der Waals surface area (Å²) >= 11 is 0. The van der Waals surface area contributed by atoms with Crippen molar-refractivity contribution in [2.45, 2.75) is 64.7 Å². The first-order chi connectivity index (χ1) is 6.77. The molecule has 2 fully saturated rings. The lowest BCUT2D eigenvalue weighted by Crippen LogP contribution is -2.26. The van der Waals surface area contributed by atoms with Gasteiger partial charge < -0.3 is 0 Å². The summed E-state index contributed by atoms with van der Waals surface area (Å²) in [6.45, 7) is 2.25. The van der Waals surface area contributed by atoms with Crippen LogP contribution in [0.3, 0.4) is 0 Å². The smallest absolute Gasteiger partial charge is 0.133 e. The van der Waals surface area contributed by atoms with E-state index in [1.54, 1.807) is 0 Å². The molecule has 0 aromatic heterocycles. The number of hydrogen-bond donors (Lipinski definition) is 0. The maximum atomic E-state index is 11.4. The molecular formula is C13H22O. The molecule has 0 aliphatic heterocycles. The molecule has 0 aromatic carbocycles. The van der Waals surface area contributed by atoms with Crippen molar-refractivity contribution in [1.29, 1.82) is 0 Å². The Hall–Kier alpha value is -0.330. The molecule has 2 aliphatic rings. The minimum absolute atomic E-state index is 0.532. The molecular weight excluding hydrogens is 172 g/mol. The third-order valence-corrected chi connectivity index (χ3v) is 4.29. The van der Waals surface area contributed by atoms with Crippen LogP contribution in [0.5, 0.6) is 0 Å². The molecule has 80 valence electrons. The Balaban J connectivity index is 1.84. The van der Waals surface area contributed by atoms with Gasteiger partial charge in [-0.05, 0) is 37.0 Å². The standard InChI is InChI=1S/C13H22O/c1-2-3-4-5-11-10-12(14)6-7-13(11)8-9-13/h11H,2-10H2,1H3. The highest BCUT2D eigenvalue weighted by Gasteiger charge is 2.50. The van der Waals surface area contributed by atoms with Gasteiger partial charge in [-0.25, -0.2) is 0 Å². The second kappa shape index (κ2) is 4.04.